The summed E-state index contributed by atoms with van der Waals surface area (Å²) in [6.45, 7) is 2.29. The Morgan fingerprint density at radius 1 is 1.27 bits per heavy atom. The molecule has 0 fully saturated rings. The van der Waals surface area contributed by atoms with Gasteiger partial charge in [0.2, 0.25) is 0 Å². The van der Waals surface area contributed by atoms with Crippen molar-refractivity contribution in [2.24, 2.45) is 0 Å². The summed E-state index contributed by atoms with van der Waals surface area (Å²) in [4.78, 5) is 32.0. The minimum atomic E-state index is -2.96. The molecule has 1 aromatic carbocycles. The number of anilines is 1. The van der Waals surface area contributed by atoms with E-state index >= 15 is 0 Å². The van der Waals surface area contributed by atoms with Gasteiger partial charge in [0.15, 0.2) is 5.13 Å². The maximum absolute atomic E-state index is 12.7. The molecule has 0 bridgehead atoms. The fourth-order valence-corrected chi connectivity index (χ4v) is 3.68. The SMILES string of the molecule is CCOC(=O)c1c(C)[nH]c(C(=O)Nc2nc(-c3ccccc3OC(F)F)cs2)c1C. The smallest absolute Gasteiger partial charge is 0.387 e. The number of benzene rings is 1. The van der Waals surface area contributed by atoms with Gasteiger partial charge in [-0.1, -0.05) is 12.1 Å². The molecular formula is C20H19F2N3O4S. The van der Waals surface area contributed by atoms with Gasteiger partial charge in [0, 0.05) is 16.6 Å². The van der Waals surface area contributed by atoms with Crippen LogP contribution >= 0.6 is 11.3 Å². The van der Waals surface area contributed by atoms with Gasteiger partial charge in [-0.2, -0.15) is 8.78 Å². The van der Waals surface area contributed by atoms with Crippen LogP contribution in [-0.2, 0) is 4.74 Å². The maximum atomic E-state index is 12.7. The standard InChI is InChI=1S/C20H19F2N3O4S/c1-4-28-18(27)15-10(2)16(23-11(15)3)17(26)25-20-24-13(9-30-20)12-7-5-6-8-14(12)29-19(21)22/h5-9,19,23H,4H2,1-3H3,(H,24,25,26). The third kappa shape index (κ3) is 4.48. The lowest BCUT2D eigenvalue weighted by atomic mass is 10.1. The molecule has 0 atom stereocenters. The van der Waals surface area contributed by atoms with Crippen LogP contribution in [0, 0.1) is 13.8 Å². The third-order valence-corrected chi connectivity index (χ3v) is 5.01. The molecule has 0 saturated heterocycles. The number of alkyl halides is 2. The number of aromatic nitrogens is 2. The van der Waals surface area contributed by atoms with Crippen LogP contribution in [0.25, 0.3) is 11.3 Å². The molecule has 7 nitrogen and oxygen atoms in total. The highest BCUT2D eigenvalue weighted by molar-refractivity contribution is 7.14. The Bertz CT molecular complexity index is 1080. The van der Waals surface area contributed by atoms with Gasteiger partial charge in [0.25, 0.3) is 5.91 Å². The average molecular weight is 435 g/mol. The van der Waals surface area contributed by atoms with Crippen molar-refractivity contribution in [3.05, 3.63) is 52.2 Å². The molecule has 3 rings (SSSR count). The van der Waals surface area contributed by atoms with Gasteiger partial charge >= 0.3 is 12.6 Å². The normalized spacial score (nSPS) is 10.9. The Labute approximate surface area is 175 Å². The van der Waals surface area contributed by atoms with Gasteiger partial charge in [0.1, 0.15) is 11.4 Å². The summed E-state index contributed by atoms with van der Waals surface area (Å²) in [7, 11) is 0. The number of aryl methyl sites for hydroxylation is 1. The Morgan fingerprint density at radius 3 is 2.70 bits per heavy atom. The van der Waals surface area contributed by atoms with Crippen molar-refractivity contribution in [3.63, 3.8) is 0 Å². The zero-order valence-electron chi connectivity index (χ0n) is 16.4. The molecule has 158 valence electrons. The molecule has 0 radical (unpaired) electrons. The summed E-state index contributed by atoms with van der Waals surface area (Å²) in [5.41, 5.74) is 2.29. The van der Waals surface area contributed by atoms with Gasteiger partial charge in [-0.05, 0) is 38.5 Å². The fraction of sp³-hybridized carbons (Fsp3) is 0.250. The van der Waals surface area contributed by atoms with E-state index in [0.717, 1.165) is 11.3 Å². The van der Waals surface area contributed by atoms with E-state index in [1.807, 2.05) is 0 Å². The number of amides is 1. The summed E-state index contributed by atoms with van der Waals surface area (Å²) >= 11 is 1.13. The Kier molecular flexibility index (Phi) is 6.46. The van der Waals surface area contributed by atoms with Gasteiger partial charge in [-0.3, -0.25) is 10.1 Å². The Morgan fingerprint density at radius 2 is 2.00 bits per heavy atom. The van der Waals surface area contributed by atoms with E-state index in [4.69, 9.17) is 4.74 Å². The molecule has 0 spiro atoms. The number of nitrogens with one attached hydrogen (secondary N) is 2. The molecule has 0 unspecified atom stereocenters. The summed E-state index contributed by atoms with van der Waals surface area (Å²) in [5, 5.41) is 4.55. The predicted molar refractivity (Wildman–Crippen MR) is 108 cm³/mol. The van der Waals surface area contributed by atoms with Gasteiger partial charge in [-0.25, -0.2) is 9.78 Å². The van der Waals surface area contributed by atoms with E-state index in [-0.39, 0.29) is 23.2 Å². The molecule has 2 heterocycles. The van der Waals surface area contributed by atoms with Crippen molar-refractivity contribution >= 4 is 28.3 Å². The van der Waals surface area contributed by atoms with E-state index in [1.165, 1.54) is 6.07 Å². The molecule has 0 aliphatic rings. The van der Waals surface area contributed by atoms with Gasteiger partial charge in [-0.15, -0.1) is 11.3 Å². The Balaban J connectivity index is 1.82. The minimum absolute atomic E-state index is 0.00871. The number of hydrogen-bond donors (Lipinski definition) is 2. The van der Waals surface area contributed by atoms with Crippen LogP contribution in [0.1, 0.15) is 39.0 Å². The quantitative estimate of drug-likeness (QED) is 0.521. The van der Waals surface area contributed by atoms with E-state index in [1.54, 1.807) is 44.4 Å². The number of thiazole rings is 1. The fourth-order valence-electron chi connectivity index (χ4n) is 2.98. The maximum Gasteiger partial charge on any atom is 0.387 e. The van der Waals surface area contributed by atoms with Gasteiger partial charge in [0.05, 0.1) is 17.9 Å². The van der Waals surface area contributed by atoms with E-state index in [0.29, 0.717) is 28.1 Å². The second-order valence-corrected chi connectivity index (χ2v) is 7.07. The number of hydrogen-bond acceptors (Lipinski definition) is 6. The summed E-state index contributed by atoms with van der Waals surface area (Å²) in [5.74, 6) is -0.996. The van der Waals surface area contributed by atoms with Crippen LogP contribution in [0.15, 0.2) is 29.6 Å². The molecule has 2 aromatic heterocycles. The van der Waals surface area contributed by atoms with Crippen LogP contribution in [0.4, 0.5) is 13.9 Å². The number of ether oxygens (including phenoxy) is 2. The monoisotopic (exact) mass is 435 g/mol. The number of nitrogens with zero attached hydrogens (tertiary/aromatic N) is 1. The first-order chi connectivity index (χ1) is 14.3. The first-order valence-corrected chi connectivity index (χ1v) is 9.87. The number of aromatic amines is 1. The van der Waals surface area contributed by atoms with Gasteiger partial charge < -0.3 is 14.5 Å². The molecule has 30 heavy (non-hydrogen) atoms. The first kappa shape index (κ1) is 21.4. The number of esters is 1. The molecule has 3 aromatic rings. The van der Waals surface area contributed by atoms with Crippen LogP contribution in [0.3, 0.4) is 0 Å². The molecule has 1 amide bonds. The first-order valence-electron chi connectivity index (χ1n) is 8.99. The third-order valence-electron chi connectivity index (χ3n) is 4.25. The van der Waals surface area contributed by atoms with Crippen molar-refractivity contribution in [3.8, 4) is 17.0 Å². The van der Waals surface area contributed by atoms with Crippen molar-refractivity contribution in [2.45, 2.75) is 27.4 Å². The lowest BCUT2D eigenvalue weighted by Crippen LogP contribution is -2.14. The number of carbonyl (C=O) groups excluding carboxylic acids is 2. The molecule has 0 aliphatic heterocycles. The topological polar surface area (TPSA) is 93.3 Å². The zero-order chi connectivity index (χ0) is 21.8. The molecule has 0 saturated carbocycles. The number of rotatable bonds is 7. The highest BCUT2D eigenvalue weighted by Crippen LogP contribution is 2.33. The van der Waals surface area contributed by atoms with Crippen molar-refractivity contribution in [1.29, 1.82) is 0 Å². The van der Waals surface area contributed by atoms with E-state index in [2.05, 4.69) is 20.0 Å². The van der Waals surface area contributed by atoms with Crippen LogP contribution in [-0.4, -0.2) is 35.1 Å². The van der Waals surface area contributed by atoms with Crippen LogP contribution in [0.2, 0.25) is 0 Å². The molecule has 0 aliphatic carbocycles. The summed E-state index contributed by atoms with van der Waals surface area (Å²) in [6.07, 6.45) is 0. The van der Waals surface area contributed by atoms with Crippen LogP contribution in [0.5, 0.6) is 5.75 Å². The number of carbonyl (C=O) groups is 2. The van der Waals surface area contributed by atoms with E-state index in [9.17, 15) is 18.4 Å². The average Bonchev–Trinajstić information content (AvgIpc) is 3.26. The minimum Gasteiger partial charge on any atom is -0.462 e. The molecule has 2 N–H and O–H groups in total. The van der Waals surface area contributed by atoms with E-state index < -0.39 is 18.5 Å². The second kappa shape index (κ2) is 9.04. The lowest BCUT2D eigenvalue weighted by molar-refractivity contribution is -0.0494. The second-order valence-electron chi connectivity index (χ2n) is 6.21. The Hall–Kier alpha value is -3.27. The summed E-state index contributed by atoms with van der Waals surface area (Å²) in [6, 6.07) is 6.27. The number of halogens is 2. The molecular weight excluding hydrogens is 416 g/mol. The predicted octanol–water partition coefficient (Wildman–Crippen LogP) is 4.79. The van der Waals surface area contributed by atoms with Crippen molar-refractivity contribution in [1.82, 2.24) is 9.97 Å². The summed E-state index contributed by atoms with van der Waals surface area (Å²) < 4.78 is 34.8. The molecule has 10 heteroatoms. The number of H-pyrrole nitrogens is 1. The van der Waals surface area contributed by atoms with Crippen LogP contribution < -0.4 is 10.1 Å². The highest BCUT2D eigenvalue weighted by Gasteiger charge is 2.23. The zero-order valence-corrected chi connectivity index (χ0v) is 17.2. The largest absolute Gasteiger partial charge is 0.462 e. The number of para-hydroxylation sites is 1. The van der Waals surface area contributed by atoms with Crippen molar-refractivity contribution < 1.29 is 27.8 Å². The lowest BCUT2D eigenvalue weighted by Gasteiger charge is -2.08. The highest BCUT2D eigenvalue weighted by atomic mass is 32.1. The van der Waals surface area contributed by atoms with Crippen molar-refractivity contribution in [2.75, 3.05) is 11.9 Å².